The highest BCUT2D eigenvalue weighted by molar-refractivity contribution is 6.33. The molecule has 2 atom stereocenters. The third-order valence-electron chi connectivity index (χ3n) is 2.93. The van der Waals surface area contributed by atoms with E-state index in [0.29, 0.717) is 22.9 Å². The fourth-order valence-corrected chi connectivity index (χ4v) is 2.06. The third-order valence-corrected chi connectivity index (χ3v) is 3.26. The fourth-order valence-electron chi connectivity index (χ4n) is 1.88. The number of ketones is 1. The third kappa shape index (κ3) is 2.06. The van der Waals surface area contributed by atoms with Crippen molar-refractivity contribution in [2.45, 2.75) is 19.4 Å². The summed E-state index contributed by atoms with van der Waals surface area (Å²) >= 11 is 5.88. The van der Waals surface area contributed by atoms with Gasteiger partial charge in [-0.25, -0.2) is 0 Å². The van der Waals surface area contributed by atoms with Gasteiger partial charge in [0.15, 0.2) is 5.78 Å². The molecule has 1 heterocycles. The van der Waals surface area contributed by atoms with Crippen molar-refractivity contribution >= 4 is 23.1 Å². The highest BCUT2D eigenvalue weighted by Crippen LogP contribution is 2.26. The topological polar surface area (TPSA) is 52.3 Å². The van der Waals surface area contributed by atoms with Crippen LogP contribution in [0.5, 0.6) is 0 Å². The van der Waals surface area contributed by atoms with Gasteiger partial charge in [0, 0.05) is 12.2 Å². The minimum Gasteiger partial charge on any atom is -0.398 e. The van der Waals surface area contributed by atoms with Gasteiger partial charge >= 0.3 is 0 Å². The van der Waals surface area contributed by atoms with Gasteiger partial charge in [-0.15, -0.1) is 0 Å². The van der Waals surface area contributed by atoms with Crippen molar-refractivity contribution in [1.82, 2.24) is 0 Å². The van der Waals surface area contributed by atoms with Crippen LogP contribution < -0.4 is 5.73 Å². The molecule has 16 heavy (non-hydrogen) atoms. The number of hydrogen-bond acceptors (Lipinski definition) is 3. The second-order valence-corrected chi connectivity index (χ2v) is 4.57. The summed E-state index contributed by atoms with van der Waals surface area (Å²) in [6.07, 6.45) is 0.596. The lowest BCUT2D eigenvalue weighted by atomic mass is 9.96. The average molecular weight is 240 g/mol. The van der Waals surface area contributed by atoms with Crippen LogP contribution >= 0.6 is 11.6 Å². The zero-order valence-electron chi connectivity index (χ0n) is 9.07. The summed E-state index contributed by atoms with van der Waals surface area (Å²) in [7, 11) is 0. The molecular formula is C12H14ClNO2. The number of carbonyl (C=O) groups excluding carboxylic acids is 1. The van der Waals surface area contributed by atoms with Crippen LogP contribution in [0.25, 0.3) is 0 Å². The molecule has 1 fully saturated rings. The molecule has 1 saturated heterocycles. The van der Waals surface area contributed by atoms with E-state index in [-0.39, 0.29) is 17.8 Å². The molecule has 1 aliphatic heterocycles. The van der Waals surface area contributed by atoms with Gasteiger partial charge in [-0.3, -0.25) is 4.79 Å². The van der Waals surface area contributed by atoms with Crippen LogP contribution in [-0.2, 0) is 4.74 Å². The van der Waals surface area contributed by atoms with Crippen LogP contribution in [0.2, 0.25) is 5.02 Å². The average Bonchev–Trinajstić information content (AvgIpc) is 2.67. The number of ether oxygens (including phenoxy) is 1. The van der Waals surface area contributed by atoms with Crippen LogP contribution in [0, 0.1) is 5.92 Å². The molecule has 2 unspecified atom stereocenters. The Morgan fingerprint density at radius 3 is 2.88 bits per heavy atom. The number of nitrogen functional groups attached to an aromatic ring is 1. The Bertz CT molecular complexity index is 419. The number of benzene rings is 1. The van der Waals surface area contributed by atoms with E-state index in [9.17, 15) is 4.79 Å². The summed E-state index contributed by atoms with van der Waals surface area (Å²) in [5.74, 6) is 0.260. The predicted octanol–water partition coefficient (Wildman–Crippen LogP) is 2.53. The number of Topliss-reactive ketones (excluding diaryl/α,β-unsaturated/α-hetero) is 1. The zero-order valence-corrected chi connectivity index (χ0v) is 9.83. The first-order valence-electron chi connectivity index (χ1n) is 5.30. The molecule has 1 aromatic rings. The lowest BCUT2D eigenvalue weighted by molar-refractivity contribution is 0.0579. The van der Waals surface area contributed by atoms with E-state index in [1.165, 1.54) is 0 Å². The van der Waals surface area contributed by atoms with Crippen LogP contribution in [0.1, 0.15) is 23.7 Å². The molecule has 2 N–H and O–H groups in total. The van der Waals surface area contributed by atoms with Crippen molar-refractivity contribution in [3.63, 3.8) is 0 Å². The van der Waals surface area contributed by atoms with E-state index < -0.39 is 0 Å². The molecule has 0 bridgehead atoms. The summed E-state index contributed by atoms with van der Waals surface area (Å²) in [5.41, 5.74) is 6.65. The quantitative estimate of drug-likeness (QED) is 0.637. The first kappa shape index (κ1) is 11.4. The molecule has 1 aromatic carbocycles. The van der Waals surface area contributed by atoms with Crippen molar-refractivity contribution in [2.75, 3.05) is 12.3 Å². The van der Waals surface area contributed by atoms with Crippen LogP contribution in [-0.4, -0.2) is 18.5 Å². The fraction of sp³-hybridized carbons (Fsp3) is 0.417. The van der Waals surface area contributed by atoms with Gasteiger partial charge in [-0.05, 0) is 30.5 Å². The van der Waals surface area contributed by atoms with E-state index in [1.807, 2.05) is 6.92 Å². The smallest absolute Gasteiger partial charge is 0.191 e. The lowest BCUT2D eigenvalue weighted by Gasteiger charge is -2.13. The van der Waals surface area contributed by atoms with Gasteiger partial charge in [-0.2, -0.15) is 0 Å². The Balaban J connectivity index is 2.23. The molecule has 3 nitrogen and oxygen atoms in total. The van der Waals surface area contributed by atoms with E-state index in [0.717, 1.165) is 6.42 Å². The molecule has 0 aromatic heterocycles. The summed E-state index contributed by atoms with van der Waals surface area (Å²) in [6.45, 7) is 2.68. The number of carbonyl (C=O) groups is 1. The normalized spacial score (nSPS) is 24.6. The molecule has 0 aliphatic carbocycles. The minimum absolute atomic E-state index is 0.00750. The van der Waals surface area contributed by atoms with Crippen molar-refractivity contribution in [3.8, 4) is 0 Å². The first-order valence-corrected chi connectivity index (χ1v) is 5.68. The molecule has 4 heteroatoms. The number of anilines is 1. The van der Waals surface area contributed by atoms with Crippen molar-refractivity contribution in [1.29, 1.82) is 0 Å². The molecule has 0 radical (unpaired) electrons. The van der Waals surface area contributed by atoms with Crippen LogP contribution in [0.15, 0.2) is 18.2 Å². The van der Waals surface area contributed by atoms with Gasteiger partial charge in [0.05, 0.1) is 10.7 Å². The summed E-state index contributed by atoms with van der Waals surface area (Å²) in [6, 6.07) is 4.95. The highest BCUT2D eigenvalue weighted by atomic mass is 35.5. The van der Waals surface area contributed by atoms with Crippen LogP contribution in [0.4, 0.5) is 5.69 Å². The molecular weight excluding hydrogens is 226 g/mol. The number of halogens is 1. The molecule has 0 amide bonds. The SMILES string of the molecule is CC1CCOC1C(=O)c1ccc(N)c(Cl)c1. The highest BCUT2D eigenvalue weighted by Gasteiger charge is 2.31. The second kappa shape index (κ2) is 4.44. The summed E-state index contributed by atoms with van der Waals surface area (Å²) in [5, 5.41) is 0.413. The van der Waals surface area contributed by atoms with E-state index >= 15 is 0 Å². The maximum absolute atomic E-state index is 12.1. The summed E-state index contributed by atoms with van der Waals surface area (Å²) < 4.78 is 5.43. The van der Waals surface area contributed by atoms with Gasteiger partial charge in [0.2, 0.25) is 0 Å². The van der Waals surface area contributed by atoms with Crippen molar-refractivity contribution in [2.24, 2.45) is 5.92 Å². The predicted molar refractivity (Wildman–Crippen MR) is 63.7 cm³/mol. The van der Waals surface area contributed by atoms with E-state index in [4.69, 9.17) is 22.1 Å². The van der Waals surface area contributed by atoms with E-state index in [1.54, 1.807) is 18.2 Å². The zero-order chi connectivity index (χ0) is 11.7. The molecule has 0 saturated carbocycles. The van der Waals surface area contributed by atoms with Crippen molar-refractivity contribution < 1.29 is 9.53 Å². The molecule has 1 aliphatic rings. The number of rotatable bonds is 2. The monoisotopic (exact) mass is 239 g/mol. The number of nitrogens with two attached hydrogens (primary N) is 1. The summed E-state index contributed by atoms with van der Waals surface area (Å²) in [4.78, 5) is 12.1. The maximum atomic E-state index is 12.1. The van der Waals surface area contributed by atoms with Gasteiger partial charge < -0.3 is 10.5 Å². The molecule has 0 spiro atoms. The second-order valence-electron chi connectivity index (χ2n) is 4.16. The molecule has 86 valence electrons. The Morgan fingerprint density at radius 1 is 1.56 bits per heavy atom. The Kier molecular flexibility index (Phi) is 3.17. The van der Waals surface area contributed by atoms with Crippen LogP contribution in [0.3, 0.4) is 0 Å². The standard InChI is InChI=1S/C12H14ClNO2/c1-7-4-5-16-12(7)11(15)8-2-3-10(14)9(13)6-8/h2-3,6-7,12H,4-5,14H2,1H3. The Morgan fingerprint density at radius 2 is 2.31 bits per heavy atom. The maximum Gasteiger partial charge on any atom is 0.191 e. The Labute approximate surface area is 99.5 Å². The lowest BCUT2D eigenvalue weighted by Crippen LogP contribution is -2.25. The molecule has 2 rings (SSSR count). The Hall–Kier alpha value is -1.06. The number of hydrogen-bond donors (Lipinski definition) is 1. The van der Waals surface area contributed by atoms with Crippen molar-refractivity contribution in [3.05, 3.63) is 28.8 Å². The minimum atomic E-state index is -0.334. The largest absolute Gasteiger partial charge is 0.398 e. The first-order chi connectivity index (χ1) is 7.59. The van der Waals surface area contributed by atoms with Gasteiger partial charge in [-0.1, -0.05) is 18.5 Å². The van der Waals surface area contributed by atoms with E-state index in [2.05, 4.69) is 0 Å². The van der Waals surface area contributed by atoms with Gasteiger partial charge in [0.25, 0.3) is 0 Å². The van der Waals surface area contributed by atoms with Gasteiger partial charge in [0.1, 0.15) is 6.10 Å².